The van der Waals surface area contributed by atoms with Gasteiger partial charge in [-0.3, -0.25) is 4.79 Å². The lowest BCUT2D eigenvalue weighted by Gasteiger charge is -2.14. The average molecular weight is 446 g/mol. The van der Waals surface area contributed by atoms with E-state index in [1.807, 2.05) is 36.4 Å². The first-order valence-corrected chi connectivity index (χ1v) is 10.4. The molecule has 0 aliphatic heterocycles. The normalized spacial score (nSPS) is 12.2. The topological polar surface area (TPSA) is 118 Å². The lowest BCUT2D eigenvalue weighted by molar-refractivity contribution is -0.131. The van der Waals surface area contributed by atoms with Crippen LogP contribution < -0.4 is 10.6 Å². The number of hydrogen-bond acceptors (Lipinski definition) is 5. The summed E-state index contributed by atoms with van der Waals surface area (Å²) in [6.07, 6.45) is 1.66. The molecule has 0 fully saturated rings. The van der Waals surface area contributed by atoms with Gasteiger partial charge >= 0.3 is 12.1 Å². The summed E-state index contributed by atoms with van der Waals surface area (Å²) in [5.41, 5.74) is 4.57. The fourth-order valence-electron chi connectivity index (χ4n) is 3.80. The molecule has 0 atom stereocenters. The zero-order valence-corrected chi connectivity index (χ0v) is 17.6. The Morgan fingerprint density at radius 2 is 1.61 bits per heavy atom. The molecule has 1 aromatic heterocycles. The minimum Gasteiger partial charge on any atom is -0.478 e. The number of carbonyl (C=O) groups is 3. The second kappa shape index (κ2) is 9.86. The largest absolute Gasteiger partial charge is 0.478 e. The number of nitrogens with one attached hydrogen (secondary N) is 2. The second-order valence-corrected chi connectivity index (χ2v) is 7.40. The van der Waals surface area contributed by atoms with E-state index in [0.717, 1.165) is 28.3 Å². The maximum atomic E-state index is 12.3. The number of aliphatic carboxylic acids is 1. The standard InChI is InChI=1S/C25H22N2O6/c28-23(29)10-5-13-26-24(30)22-12-11-16(33-22)14-27-25(31)32-15-21-19-8-3-1-6-17(19)18-7-2-4-9-20(18)21/h1-12,21H,13-15H2,(H,26,30)(H,27,31)(H,28,29)/b10-5+. The number of benzene rings is 2. The number of hydrogen-bond donors (Lipinski definition) is 3. The molecule has 0 radical (unpaired) electrons. The van der Waals surface area contributed by atoms with Crippen molar-refractivity contribution in [3.63, 3.8) is 0 Å². The molecule has 0 bridgehead atoms. The van der Waals surface area contributed by atoms with E-state index in [1.54, 1.807) is 6.07 Å². The van der Waals surface area contributed by atoms with Crippen molar-refractivity contribution in [2.75, 3.05) is 13.2 Å². The third-order valence-corrected chi connectivity index (χ3v) is 5.28. The number of amides is 2. The Kier molecular flexibility index (Phi) is 6.54. The summed E-state index contributed by atoms with van der Waals surface area (Å²) in [4.78, 5) is 34.7. The molecule has 0 saturated heterocycles. The molecule has 0 spiro atoms. The van der Waals surface area contributed by atoms with Crippen LogP contribution in [0.15, 0.2) is 77.2 Å². The maximum absolute atomic E-state index is 12.3. The van der Waals surface area contributed by atoms with E-state index < -0.39 is 18.0 Å². The highest BCUT2D eigenvalue weighted by Gasteiger charge is 2.29. The van der Waals surface area contributed by atoms with E-state index in [4.69, 9.17) is 14.3 Å². The van der Waals surface area contributed by atoms with Gasteiger partial charge < -0.3 is 24.9 Å². The van der Waals surface area contributed by atoms with Crippen molar-refractivity contribution in [2.24, 2.45) is 0 Å². The highest BCUT2D eigenvalue weighted by atomic mass is 16.5. The Bertz CT molecular complexity index is 1170. The van der Waals surface area contributed by atoms with E-state index in [0.29, 0.717) is 5.76 Å². The van der Waals surface area contributed by atoms with Gasteiger partial charge in [-0.05, 0) is 34.4 Å². The molecule has 3 aromatic rings. The summed E-state index contributed by atoms with van der Waals surface area (Å²) in [5, 5.41) is 13.7. The molecule has 1 aliphatic carbocycles. The predicted molar refractivity (Wildman–Crippen MR) is 120 cm³/mol. The van der Waals surface area contributed by atoms with Crippen LogP contribution in [0.1, 0.15) is 33.4 Å². The lowest BCUT2D eigenvalue weighted by Crippen LogP contribution is -2.25. The van der Waals surface area contributed by atoms with E-state index in [2.05, 4.69) is 22.8 Å². The quantitative estimate of drug-likeness (QED) is 0.454. The summed E-state index contributed by atoms with van der Waals surface area (Å²) in [6.45, 7) is 0.317. The Balaban J connectivity index is 1.28. The van der Waals surface area contributed by atoms with Gasteiger partial charge in [0.25, 0.3) is 5.91 Å². The minimum atomic E-state index is -1.09. The zero-order valence-electron chi connectivity index (χ0n) is 17.6. The molecule has 8 nitrogen and oxygen atoms in total. The summed E-state index contributed by atoms with van der Waals surface area (Å²) >= 11 is 0. The number of carbonyl (C=O) groups excluding carboxylic acids is 2. The number of carboxylic acid groups (broad SMARTS) is 1. The van der Waals surface area contributed by atoms with Crippen molar-refractivity contribution >= 4 is 18.0 Å². The van der Waals surface area contributed by atoms with Crippen LogP contribution in [0.2, 0.25) is 0 Å². The van der Waals surface area contributed by atoms with Crippen molar-refractivity contribution in [1.82, 2.24) is 10.6 Å². The van der Waals surface area contributed by atoms with Gasteiger partial charge in [0.15, 0.2) is 5.76 Å². The van der Waals surface area contributed by atoms with Crippen LogP contribution in [0, 0.1) is 0 Å². The van der Waals surface area contributed by atoms with Gasteiger partial charge in [0.1, 0.15) is 12.4 Å². The van der Waals surface area contributed by atoms with Crippen LogP contribution in [-0.4, -0.2) is 36.2 Å². The van der Waals surface area contributed by atoms with Gasteiger partial charge in [-0.15, -0.1) is 0 Å². The SMILES string of the molecule is O=C(O)/C=C/CNC(=O)c1ccc(CNC(=O)OCC2c3ccccc3-c3ccccc32)o1. The molecular formula is C25H22N2O6. The predicted octanol–water partition coefficient (Wildman–Crippen LogP) is 3.69. The fraction of sp³-hybridized carbons (Fsp3) is 0.160. The molecule has 2 amide bonds. The Hall–Kier alpha value is -4.33. The molecular weight excluding hydrogens is 424 g/mol. The van der Waals surface area contributed by atoms with Crippen LogP contribution in [0.4, 0.5) is 4.79 Å². The number of fused-ring (bicyclic) bond motifs is 3. The second-order valence-electron chi connectivity index (χ2n) is 7.40. The molecule has 33 heavy (non-hydrogen) atoms. The molecule has 4 rings (SSSR count). The van der Waals surface area contributed by atoms with Gasteiger partial charge in [-0.25, -0.2) is 9.59 Å². The molecule has 1 heterocycles. The maximum Gasteiger partial charge on any atom is 0.407 e. The Labute approximate surface area is 189 Å². The van der Waals surface area contributed by atoms with E-state index >= 15 is 0 Å². The van der Waals surface area contributed by atoms with Crippen LogP contribution >= 0.6 is 0 Å². The van der Waals surface area contributed by atoms with Crippen molar-refractivity contribution in [2.45, 2.75) is 12.5 Å². The third-order valence-electron chi connectivity index (χ3n) is 5.28. The molecule has 2 aromatic carbocycles. The molecule has 0 unspecified atom stereocenters. The summed E-state index contributed by atoms with van der Waals surface area (Å²) < 4.78 is 10.9. The van der Waals surface area contributed by atoms with E-state index in [9.17, 15) is 14.4 Å². The van der Waals surface area contributed by atoms with Crippen molar-refractivity contribution in [1.29, 1.82) is 0 Å². The summed E-state index contributed by atoms with van der Waals surface area (Å²) in [7, 11) is 0. The molecule has 3 N–H and O–H groups in total. The number of furan rings is 1. The fourth-order valence-corrected chi connectivity index (χ4v) is 3.80. The molecule has 168 valence electrons. The van der Waals surface area contributed by atoms with Crippen LogP contribution in [0.25, 0.3) is 11.1 Å². The van der Waals surface area contributed by atoms with Crippen LogP contribution in [0.3, 0.4) is 0 Å². The first-order valence-electron chi connectivity index (χ1n) is 10.4. The third kappa shape index (κ3) is 5.12. The van der Waals surface area contributed by atoms with Crippen molar-refractivity contribution in [3.05, 3.63) is 95.5 Å². The number of ether oxygens (including phenoxy) is 1. The molecule has 1 aliphatic rings. The van der Waals surface area contributed by atoms with Gasteiger partial charge in [0.2, 0.25) is 0 Å². The average Bonchev–Trinajstić information content (AvgIpc) is 3.42. The van der Waals surface area contributed by atoms with Crippen molar-refractivity contribution in [3.8, 4) is 11.1 Å². The number of alkyl carbamates (subject to hydrolysis) is 1. The summed E-state index contributed by atoms with van der Waals surface area (Å²) in [5.74, 6) is -1.17. The van der Waals surface area contributed by atoms with Gasteiger partial charge in [-0.1, -0.05) is 54.6 Å². The van der Waals surface area contributed by atoms with E-state index in [1.165, 1.54) is 12.1 Å². The zero-order chi connectivity index (χ0) is 23.2. The molecule has 0 saturated carbocycles. The lowest BCUT2D eigenvalue weighted by atomic mass is 9.98. The smallest absolute Gasteiger partial charge is 0.407 e. The number of carboxylic acids is 1. The highest BCUT2D eigenvalue weighted by molar-refractivity contribution is 5.91. The Morgan fingerprint density at radius 3 is 2.27 bits per heavy atom. The minimum absolute atomic E-state index is 0.0303. The van der Waals surface area contributed by atoms with Crippen molar-refractivity contribution < 1.29 is 28.6 Å². The van der Waals surface area contributed by atoms with Gasteiger partial charge in [0, 0.05) is 18.5 Å². The Morgan fingerprint density at radius 1 is 0.939 bits per heavy atom. The van der Waals surface area contributed by atoms with E-state index in [-0.39, 0.29) is 31.4 Å². The van der Waals surface area contributed by atoms with Crippen LogP contribution in [-0.2, 0) is 16.1 Å². The monoisotopic (exact) mass is 446 g/mol. The highest BCUT2D eigenvalue weighted by Crippen LogP contribution is 2.44. The van der Waals surface area contributed by atoms with Gasteiger partial charge in [-0.2, -0.15) is 0 Å². The first-order chi connectivity index (χ1) is 16.0. The first kappa shape index (κ1) is 21.9. The molecule has 8 heteroatoms. The van der Waals surface area contributed by atoms with Crippen LogP contribution in [0.5, 0.6) is 0 Å². The summed E-state index contributed by atoms with van der Waals surface area (Å²) in [6, 6.07) is 19.2. The van der Waals surface area contributed by atoms with Gasteiger partial charge in [0.05, 0.1) is 6.54 Å². The number of rotatable bonds is 8.